The summed E-state index contributed by atoms with van der Waals surface area (Å²) in [5.41, 5.74) is 0. The Hall–Kier alpha value is -3.70. The number of carbonyl (C=O) groups is 2. The summed E-state index contributed by atoms with van der Waals surface area (Å²) >= 11 is 0. The van der Waals surface area contributed by atoms with Crippen LogP contribution in [0.15, 0.2) is 122 Å². The summed E-state index contributed by atoms with van der Waals surface area (Å²) in [4.78, 5) is 25.6. The van der Waals surface area contributed by atoms with E-state index in [0.717, 1.165) is 135 Å². The molecule has 0 bridgehead atoms. The molecule has 1 unspecified atom stereocenters. The predicted molar refractivity (Wildman–Crippen MR) is 306 cm³/mol. The Bertz CT molecular complexity index is 1420. The molecule has 0 saturated carbocycles. The summed E-state index contributed by atoms with van der Waals surface area (Å²) in [6.45, 7) is 7.51. The maximum atomic E-state index is 12.9. The third-order valence-corrected chi connectivity index (χ3v) is 12.0. The minimum atomic E-state index is -0.568. The lowest BCUT2D eigenvalue weighted by Gasteiger charge is -2.18. The minimum absolute atomic E-state index is 0.0593. The second-order valence-corrected chi connectivity index (χ2v) is 18.8. The van der Waals surface area contributed by atoms with Crippen LogP contribution in [0.3, 0.4) is 0 Å². The highest BCUT2D eigenvalue weighted by Gasteiger charge is 2.17. The van der Waals surface area contributed by atoms with Gasteiger partial charge in [0.25, 0.3) is 0 Å². The van der Waals surface area contributed by atoms with E-state index in [-0.39, 0.29) is 25.2 Å². The molecule has 0 aromatic heterocycles. The zero-order chi connectivity index (χ0) is 50.6. The first kappa shape index (κ1) is 66.3. The van der Waals surface area contributed by atoms with E-state index in [1.165, 1.54) is 83.5 Å². The van der Waals surface area contributed by atoms with Gasteiger partial charge in [0.2, 0.25) is 0 Å². The van der Waals surface area contributed by atoms with Crippen LogP contribution >= 0.6 is 0 Å². The van der Waals surface area contributed by atoms with Gasteiger partial charge < -0.3 is 14.2 Å². The fraction of sp³-hybridized carbons (Fsp3) is 0.662. The van der Waals surface area contributed by atoms with Gasteiger partial charge in [-0.1, -0.05) is 232 Å². The summed E-state index contributed by atoms with van der Waals surface area (Å²) in [6.07, 6.45) is 83.6. The molecule has 70 heavy (non-hydrogen) atoms. The SMILES string of the molecule is CC/C=C\C/C=C\C/C=C\C/C=C\C/C=C\CCCCCCOCC(COC(=O)CCCCCCCCC/C=C\C/C=C\C/C=C\CC)OC(=O)CCCCCCCCC/C=C\C/C=C\CCCCC. The number of hydrogen-bond donors (Lipinski definition) is 0. The summed E-state index contributed by atoms with van der Waals surface area (Å²) in [7, 11) is 0. The van der Waals surface area contributed by atoms with Gasteiger partial charge >= 0.3 is 11.9 Å². The predicted octanol–water partition coefficient (Wildman–Crippen LogP) is 20.1. The molecule has 0 aliphatic heterocycles. The van der Waals surface area contributed by atoms with Crippen molar-refractivity contribution in [2.45, 2.75) is 258 Å². The molecule has 0 radical (unpaired) electrons. The molecule has 0 saturated heterocycles. The van der Waals surface area contributed by atoms with Crippen molar-refractivity contribution < 1.29 is 23.8 Å². The first-order valence-corrected chi connectivity index (χ1v) is 29.1. The van der Waals surface area contributed by atoms with E-state index in [0.29, 0.717) is 19.4 Å². The number of hydrogen-bond acceptors (Lipinski definition) is 5. The van der Waals surface area contributed by atoms with E-state index in [1.54, 1.807) is 0 Å². The number of esters is 2. The van der Waals surface area contributed by atoms with Crippen LogP contribution in [-0.2, 0) is 23.8 Å². The molecule has 0 aromatic carbocycles. The maximum Gasteiger partial charge on any atom is 0.306 e. The summed E-state index contributed by atoms with van der Waals surface area (Å²) in [5.74, 6) is -0.435. The number of rotatable bonds is 52. The number of carbonyl (C=O) groups excluding carboxylic acids is 2. The molecule has 0 aliphatic rings. The van der Waals surface area contributed by atoms with E-state index in [1.807, 2.05) is 0 Å². The fourth-order valence-corrected chi connectivity index (χ4v) is 7.70. The Balaban J connectivity index is 4.39. The Morgan fingerprint density at radius 1 is 0.329 bits per heavy atom. The van der Waals surface area contributed by atoms with E-state index < -0.39 is 6.10 Å². The van der Waals surface area contributed by atoms with Gasteiger partial charge in [0.1, 0.15) is 6.61 Å². The quantitative estimate of drug-likeness (QED) is 0.0345. The van der Waals surface area contributed by atoms with E-state index in [4.69, 9.17) is 14.2 Å². The number of allylic oxidation sites excluding steroid dienone is 20. The molecule has 0 spiro atoms. The molecule has 0 fully saturated rings. The van der Waals surface area contributed by atoms with Crippen LogP contribution in [-0.4, -0.2) is 37.9 Å². The molecular weight excluding hydrogens is 861 g/mol. The Kier molecular flexibility index (Phi) is 56.5. The van der Waals surface area contributed by atoms with E-state index in [2.05, 4.69) is 142 Å². The van der Waals surface area contributed by atoms with Crippen molar-refractivity contribution in [2.24, 2.45) is 0 Å². The molecule has 5 nitrogen and oxygen atoms in total. The average molecular weight is 970 g/mol. The van der Waals surface area contributed by atoms with Crippen LogP contribution in [0.5, 0.6) is 0 Å². The Labute approximate surface area is 433 Å². The standard InChI is InChI=1S/C65H108O5/c1-4-7-10-13-16-19-22-25-28-31-32-33-36-39-42-45-48-51-54-57-60-68-61-63(70-65(67)59-56-53-50-47-44-41-38-35-30-27-24-21-18-15-12-9-6-3)62-69-64(66)58-55-52-49-46-43-40-37-34-29-26-23-20-17-14-11-8-5-2/h7-8,10-11,16-21,25-30,32-33,39,42,63H,4-6,9,12-15,22-24,31,34-38,40-41,43-62H2,1-3H3/b10-7-,11-8-,19-16-,20-17-,21-18-,28-25-,29-26-,30-27-,33-32-,42-39-. The van der Waals surface area contributed by atoms with Crippen LogP contribution in [0.2, 0.25) is 0 Å². The van der Waals surface area contributed by atoms with Gasteiger partial charge in [-0.3, -0.25) is 9.59 Å². The maximum absolute atomic E-state index is 12.9. The molecule has 1 atom stereocenters. The number of ether oxygens (including phenoxy) is 3. The Morgan fingerprint density at radius 3 is 1.03 bits per heavy atom. The smallest absolute Gasteiger partial charge is 0.306 e. The summed E-state index contributed by atoms with van der Waals surface area (Å²) < 4.78 is 17.5. The molecule has 0 rings (SSSR count). The lowest BCUT2D eigenvalue weighted by Crippen LogP contribution is -2.30. The first-order chi connectivity index (χ1) is 34.6. The molecular formula is C65H108O5. The van der Waals surface area contributed by atoms with Gasteiger partial charge in [0, 0.05) is 19.4 Å². The van der Waals surface area contributed by atoms with Crippen LogP contribution in [0, 0.1) is 0 Å². The second-order valence-electron chi connectivity index (χ2n) is 18.8. The topological polar surface area (TPSA) is 61.8 Å². The van der Waals surface area contributed by atoms with Gasteiger partial charge in [0.15, 0.2) is 6.10 Å². The largest absolute Gasteiger partial charge is 0.462 e. The highest BCUT2D eigenvalue weighted by Crippen LogP contribution is 2.14. The van der Waals surface area contributed by atoms with Crippen LogP contribution in [0.4, 0.5) is 0 Å². The van der Waals surface area contributed by atoms with Crippen LogP contribution in [0.25, 0.3) is 0 Å². The lowest BCUT2D eigenvalue weighted by molar-refractivity contribution is -0.163. The average Bonchev–Trinajstić information content (AvgIpc) is 3.36. The highest BCUT2D eigenvalue weighted by atomic mass is 16.6. The van der Waals surface area contributed by atoms with Gasteiger partial charge in [-0.2, -0.15) is 0 Å². The third-order valence-electron chi connectivity index (χ3n) is 12.0. The van der Waals surface area contributed by atoms with Crippen molar-refractivity contribution in [1.82, 2.24) is 0 Å². The van der Waals surface area contributed by atoms with Crippen LogP contribution in [0.1, 0.15) is 252 Å². The summed E-state index contributed by atoms with van der Waals surface area (Å²) in [5, 5.41) is 0. The van der Waals surface area contributed by atoms with Crippen molar-refractivity contribution in [3.63, 3.8) is 0 Å². The molecule has 398 valence electrons. The second kappa shape index (κ2) is 59.6. The van der Waals surface area contributed by atoms with Crippen molar-refractivity contribution in [3.05, 3.63) is 122 Å². The van der Waals surface area contributed by atoms with E-state index >= 15 is 0 Å². The van der Waals surface area contributed by atoms with Gasteiger partial charge in [0.05, 0.1) is 6.61 Å². The number of unbranched alkanes of at least 4 members (excludes halogenated alkanes) is 21. The van der Waals surface area contributed by atoms with Crippen molar-refractivity contribution in [3.8, 4) is 0 Å². The van der Waals surface area contributed by atoms with Crippen molar-refractivity contribution in [2.75, 3.05) is 19.8 Å². The fourth-order valence-electron chi connectivity index (χ4n) is 7.70. The molecule has 0 heterocycles. The van der Waals surface area contributed by atoms with Gasteiger partial charge in [-0.05, 0) is 128 Å². The van der Waals surface area contributed by atoms with Crippen LogP contribution < -0.4 is 0 Å². The monoisotopic (exact) mass is 969 g/mol. The minimum Gasteiger partial charge on any atom is -0.462 e. The lowest BCUT2D eigenvalue weighted by atomic mass is 10.1. The van der Waals surface area contributed by atoms with Gasteiger partial charge in [-0.15, -0.1) is 0 Å². The normalized spacial score (nSPS) is 13.1. The highest BCUT2D eigenvalue weighted by molar-refractivity contribution is 5.70. The molecule has 0 aromatic rings. The van der Waals surface area contributed by atoms with E-state index in [9.17, 15) is 9.59 Å². The first-order valence-electron chi connectivity index (χ1n) is 29.1. The summed E-state index contributed by atoms with van der Waals surface area (Å²) in [6, 6.07) is 0. The zero-order valence-electron chi connectivity index (χ0n) is 45.7. The molecule has 0 aliphatic carbocycles. The third kappa shape index (κ3) is 56.9. The Morgan fingerprint density at radius 2 is 0.643 bits per heavy atom. The zero-order valence-corrected chi connectivity index (χ0v) is 45.7. The molecule has 0 amide bonds. The van der Waals surface area contributed by atoms with Crippen molar-refractivity contribution >= 4 is 11.9 Å². The van der Waals surface area contributed by atoms with Gasteiger partial charge in [-0.25, -0.2) is 0 Å². The van der Waals surface area contributed by atoms with Crippen molar-refractivity contribution in [1.29, 1.82) is 0 Å². The molecule has 0 N–H and O–H groups in total. The molecule has 5 heteroatoms.